The minimum Gasteiger partial charge on any atom is -0.394 e. The van der Waals surface area contributed by atoms with Crippen LogP contribution in [0, 0.1) is 11.6 Å². The molecule has 2 N–H and O–H groups in total. The third-order valence-electron chi connectivity index (χ3n) is 2.72. The van der Waals surface area contributed by atoms with Crippen molar-refractivity contribution in [1.29, 1.82) is 0 Å². The number of rotatable bonds is 4. The minimum atomic E-state index is -0.682. The molecule has 0 heterocycles. The Balaban J connectivity index is 2.28. The SMILES string of the molecule is OCC(Nc1ccccc1Br)c1ccc(F)cc1F. The smallest absolute Gasteiger partial charge is 0.131 e. The van der Waals surface area contributed by atoms with E-state index < -0.39 is 17.7 Å². The molecule has 100 valence electrons. The Morgan fingerprint density at radius 2 is 1.89 bits per heavy atom. The number of nitrogens with one attached hydrogen (secondary N) is 1. The zero-order valence-electron chi connectivity index (χ0n) is 9.91. The van der Waals surface area contributed by atoms with Crippen LogP contribution in [0.25, 0.3) is 0 Å². The number of aliphatic hydroxyl groups is 1. The minimum absolute atomic E-state index is 0.222. The molecule has 1 atom stereocenters. The van der Waals surface area contributed by atoms with Crippen LogP contribution in [0.2, 0.25) is 0 Å². The first kappa shape index (κ1) is 14.0. The lowest BCUT2D eigenvalue weighted by Gasteiger charge is -2.19. The largest absolute Gasteiger partial charge is 0.394 e. The first-order valence-corrected chi connectivity index (χ1v) is 6.48. The summed E-state index contributed by atoms with van der Waals surface area (Å²) in [5.41, 5.74) is 0.949. The summed E-state index contributed by atoms with van der Waals surface area (Å²) in [6, 6.07) is 9.97. The molecule has 0 bridgehead atoms. The van der Waals surface area contributed by atoms with E-state index in [2.05, 4.69) is 21.2 Å². The fraction of sp³-hybridized carbons (Fsp3) is 0.143. The molecule has 0 spiro atoms. The van der Waals surface area contributed by atoms with Gasteiger partial charge in [0.2, 0.25) is 0 Å². The molecule has 0 fully saturated rings. The van der Waals surface area contributed by atoms with E-state index in [1.165, 1.54) is 12.1 Å². The van der Waals surface area contributed by atoms with Gasteiger partial charge in [-0.25, -0.2) is 8.78 Å². The van der Waals surface area contributed by atoms with E-state index in [-0.39, 0.29) is 12.2 Å². The van der Waals surface area contributed by atoms with Crippen LogP contribution >= 0.6 is 15.9 Å². The molecule has 0 aliphatic heterocycles. The number of halogens is 3. The zero-order chi connectivity index (χ0) is 13.8. The van der Waals surface area contributed by atoms with Crippen molar-refractivity contribution in [3.63, 3.8) is 0 Å². The molecular weight excluding hydrogens is 316 g/mol. The summed E-state index contributed by atoms with van der Waals surface area (Å²) in [5.74, 6) is -1.32. The van der Waals surface area contributed by atoms with Gasteiger partial charge in [-0.05, 0) is 34.1 Å². The van der Waals surface area contributed by atoms with E-state index in [9.17, 15) is 13.9 Å². The first-order chi connectivity index (χ1) is 9.11. The van der Waals surface area contributed by atoms with Crippen LogP contribution in [0.4, 0.5) is 14.5 Å². The highest BCUT2D eigenvalue weighted by Crippen LogP contribution is 2.27. The topological polar surface area (TPSA) is 32.3 Å². The standard InChI is InChI=1S/C14H12BrF2NO/c15-11-3-1-2-4-13(11)18-14(8-19)10-6-5-9(16)7-12(10)17/h1-7,14,18-19H,8H2. The van der Waals surface area contributed by atoms with Gasteiger partial charge >= 0.3 is 0 Å². The Hall–Kier alpha value is -1.46. The molecule has 0 amide bonds. The van der Waals surface area contributed by atoms with Gasteiger partial charge in [-0.1, -0.05) is 18.2 Å². The number of para-hydroxylation sites is 1. The van der Waals surface area contributed by atoms with Crippen molar-refractivity contribution in [2.75, 3.05) is 11.9 Å². The van der Waals surface area contributed by atoms with Gasteiger partial charge in [0, 0.05) is 21.8 Å². The Morgan fingerprint density at radius 3 is 2.53 bits per heavy atom. The summed E-state index contributed by atoms with van der Waals surface area (Å²) < 4.78 is 27.4. The predicted molar refractivity (Wildman–Crippen MR) is 73.9 cm³/mol. The fourth-order valence-electron chi connectivity index (χ4n) is 1.77. The summed E-state index contributed by atoms with van der Waals surface area (Å²) in [6.07, 6.45) is 0. The fourth-order valence-corrected chi connectivity index (χ4v) is 2.17. The summed E-state index contributed by atoms with van der Waals surface area (Å²) in [7, 11) is 0. The average molecular weight is 328 g/mol. The van der Waals surface area contributed by atoms with Crippen LogP contribution in [-0.4, -0.2) is 11.7 Å². The highest BCUT2D eigenvalue weighted by molar-refractivity contribution is 9.10. The summed E-state index contributed by atoms with van der Waals surface area (Å²) in [5, 5.41) is 12.4. The number of hydrogen-bond donors (Lipinski definition) is 2. The molecule has 0 saturated heterocycles. The quantitative estimate of drug-likeness (QED) is 0.893. The number of aliphatic hydroxyl groups excluding tert-OH is 1. The van der Waals surface area contributed by atoms with Gasteiger partial charge in [-0.3, -0.25) is 0 Å². The number of hydrogen-bond acceptors (Lipinski definition) is 2. The van der Waals surface area contributed by atoms with Crippen LogP contribution in [0.3, 0.4) is 0 Å². The summed E-state index contributed by atoms with van der Waals surface area (Å²) >= 11 is 3.36. The lowest BCUT2D eigenvalue weighted by atomic mass is 10.1. The lowest BCUT2D eigenvalue weighted by molar-refractivity contribution is 0.273. The maximum Gasteiger partial charge on any atom is 0.131 e. The monoisotopic (exact) mass is 327 g/mol. The normalized spacial score (nSPS) is 12.2. The summed E-state index contributed by atoms with van der Waals surface area (Å²) in [6.45, 7) is -0.302. The Kier molecular flexibility index (Phi) is 4.50. The molecule has 2 aromatic rings. The van der Waals surface area contributed by atoms with Gasteiger partial charge in [0.1, 0.15) is 11.6 Å². The van der Waals surface area contributed by atoms with Crippen LogP contribution in [0.1, 0.15) is 11.6 Å². The maximum absolute atomic E-state index is 13.7. The van der Waals surface area contributed by atoms with Crippen molar-refractivity contribution >= 4 is 21.6 Å². The molecule has 0 aliphatic rings. The molecule has 0 radical (unpaired) electrons. The van der Waals surface area contributed by atoms with E-state index in [0.29, 0.717) is 0 Å². The molecule has 5 heteroatoms. The first-order valence-electron chi connectivity index (χ1n) is 5.68. The van der Waals surface area contributed by atoms with Crippen molar-refractivity contribution in [3.05, 3.63) is 64.1 Å². The van der Waals surface area contributed by atoms with Crippen LogP contribution in [0.15, 0.2) is 46.9 Å². The lowest BCUT2D eigenvalue weighted by Crippen LogP contribution is -2.16. The van der Waals surface area contributed by atoms with E-state index in [0.717, 1.165) is 16.2 Å². The predicted octanol–water partition coefficient (Wildman–Crippen LogP) is 3.87. The maximum atomic E-state index is 13.7. The highest BCUT2D eigenvalue weighted by Gasteiger charge is 2.16. The Labute approximate surface area is 118 Å². The van der Waals surface area contributed by atoms with E-state index in [1.54, 1.807) is 6.07 Å². The van der Waals surface area contributed by atoms with Crippen molar-refractivity contribution in [2.24, 2.45) is 0 Å². The molecular formula is C14H12BrF2NO. The second-order valence-corrected chi connectivity index (χ2v) is 4.88. The molecule has 0 aliphatic carbocycles. The molecule has 2 aromatic carbocycles. The zero-order valence-corrected chi connectivity index (χ0v) is 11.5. The van der Waals surface area contributed by atoms with Crippen molar-refractivity contribution in [2.45, 2.75) is 6.04 Å². The molecule has 1 unspecified atom stereocenters. The molecule has 0 aromatic heterocycles. The second kappa shape index (κ2) is 6.12. The highest BCUT2D eigenvalue weighted by atomic mass is 79.9. The Morgan fingerprint density at radius 1 is 1.16 bits per heavy atom. The van der Waals surface area contributed by atoms with E-state index in [1.807, 2.05) is 18.2 Å². The third kappa shape index (κ3) is 3.30. The second-order valence-electron chi connectivity index (χ2n) is 4.03. The third-order valence-corrected chi connectivity index (χ3v) is 3.42. The van der Waals surface area contributed by atoms with Crippen molar-refractivity contribution in [3.8, 4) is 0 Å². The van der Waals surface area contributed by atoms with Gasteiger partial charge in [0.25, 0.3) is 0 Å². The number of anilines is 1. The molecule has 2 rings (SSSR count). The molecule has 19 heavy (non-hydrogen) atoms. The summed E-state index contributed by atoms with van der Waals surface area (Å²) in [4.78, 5) is 0. The Bertz CT molecular complexity index is 577. The van der Waals surface area contributed by atoms with Gasteiger partial charge in [0.05, 0.1) is 12.6 Å². The number of benzene rings is 2. The average Bonchev–Trinajstić information content (AvgIpc) is 2.39. The van der Waals surface area contributed by atoms with Gasteiger partial charge in [-0.2, -0.15) is 0 Å². The van der Waals surface area contributed by atoms with E-state index >= 15 is 0 Å². The van der Waals surface area contributed by atoms with Gasteiger partial charge in [-0.15, -0.1) is 0 Å². The van der Waals surface area contributed by atoms with Crippen molar-refractivity contribution in [1.82, 2.24) is 0 Å². The van der Waals surface area contributed by atoms with Gasteiger partial charge in [0.15, 0.2) is 0 Å². The van der Waals surface area contributed by atoms with Crippen LogP contribution in [-0.2, 0) is 0 Å². The molecule has 0 saturated carbocycles. The van der Waals surface area contributed by atoms with E-state index in [4.69, 9.17) is 0 Å². The van der Waals surface area contributed by atoms with Gasteiger partial charge < -0.3 is 10.4 Å². The molecule has 2 nitrogen and oxygen atoms in total. The van der Waals surface area contributed by atoms with Crippen molar-refractivity contribution < 1.29 is 13.9 Å². The van der Waals surface area contributed by atoms with Crippen LogP contribution < -0.4 is 5.32 Å². The van der Waals surface area contributed by atoms with Crippen LogP contribution in [0.5, 0.6) is 0 Å².